The van der Waals surface area contributed by atoms with Crippen molar-refractivity contribution in [1.82, 2.24) is 9.80 Å². The van der Waals surface area contributed by atoms with Crippen molar-refractivity contribution in [2.75, 3.05) is 130 Å². The van der Waals surface area contributed by atoms with Gasteiger partial charge in [-0.15, -0.1) is 0 Å². The predicted octanol–water partition coefficient (Wildman–Crippen LogP) is 4.82. The number of aliphatic carboxylic acids is 1. The lowest BCUT2D eigenvalue weighted by molar-refractivity contribution is -0.940. The molecule has 5 amide bonds. The van der Waals surface area contributed by atoms with Crippen molar-refractivity contribution in [3.63, 3.8) is 0 Å². The topological polar surface area (TPSA) is 264 Å². The van der Waals surface area contributed by atoms with Crippen molar-refractivity contribution in [2.45, 2.75) is 137 Å². The van der Waals surface area contributed by atoms with Gasteiger partial charge in [-0.05, 0) is 120 Å². The number of quaternary nitrogens is 3. The fourth-order valence-electron chi connectivity index (χ4n) is 16.0. The van der Waals surface area contributed by atoms with Gasteiger partial charge in [-0.25, -0.2) is 14.4 Å². The number of piperidine rings is 3. The van der Waals surface area contributed by atoms with E-state index in [1.54, 1.807) is 55.4 Å². The molecule has 0 aromatic heterocycles. The number of alkyl halides is 3. The molecule has 27 heteroatoms. The van der Waals surface area contributed by atoms with Gasteiger partial charge in [0.05, 0.1) is 119 Å². The normalized spacial score (nSPS) is 20.9. The number of nitrogens with one attached hydrogen (secondary N) is 3. The number of hydrogen-bond donors (Lipinski definition) is 3. The van der Waals surface area contributed by atoms with Crippen molar-refractivity contribution in [2.24, 2.45) is 23.7 Å². The van der Waals surface area contributed by atoms with E-state index in [0.29, 0.717) is 98.0 Å². The Morgan fingerprint density at radius 3 is 1.23 bits per heavy atom. The van der Waals surface area contributed by atoms with E-state index in [2.05, 4.69) is 47.1 Å². The number of anilines is 3. The molecule has 5 aromatic carbocycles. The monoisotopic (exact) mass is 1690 g/mol. The van der Waals surface area contributed by atoms with Crippen molar-refractivity contribution in [1.29, 1.82) is 0 Å². The van der Waals surface area contributed by atoms with Crippen molar-refractivity contribution in [3.05, 3.63) is 160 Å². The average molecular weight is 1690 g/mol. The van der Waals surface area contributed by atoms with Crippen LogP contribution >= 0.6 is 0 Å². The number of ether oxygens (including phenoxy) is 3. The van der Waals surface area contributed by atoms with Crippen LogP contribution in [0.1, 0.15) is 156 Å². The highest BCUT2D eigenvalue weighted by Crippen LogP contribution is 2.35. The number of aryl methyl sites for hydroxylation is 3. The second-order valence-electron chi connectivity index (χ2n) is 29.7. The first-order valence-electron chi connectivity index (χ1n) is 37.3. The lowest BCUT2D eigenvalue weighted by atomic mass is 9.81. The van der Waals surface area contributed by atoms with Gasteiger partial charge in [0.15, 0.2) is 19.6 Å². The van der Waals surface area contributed by atoms with E-state index in [1.165, 1.54) is 59.0 Å². The van der Waals surface area contributed by atoms with Gasteiger partial charge >= 0.3 is 24.1 Å². The summed E-state index contributed by atoms with van der Waals surface area (Å²) in [6.45, 7) is 16.9. The minimum absolute atomic E-state index is 0. The lowest BCUT2D eigenvalue weighted by Gasteiger charge is -2.44. The van der Waals surface area contributed by atoms with Crippen molar-refractivity contribution in [3.8, 4) is 0 Å². The molecule has 6 unspecified atom stereocenters. The number of carboxylic acid groups (broad SMARTS) is 1. The molecule has 0 bridgehead atoms. The number of Topliss-reactive ketones (excluding diaryl/α,β-unsaturated/α-hetero) is 1. The number of carbonyl (C=O) groups excluding carboxylic acids is 10. The first kappa shape index (κ1) is 91.5. The Bertz CT molecular complexity index is 3900. The standard InChI is InChI=1S/C31H40N2O4.C28H35N3O4.C21H31N3O4.C2HF3O2.BrH.HI/c1-23-11-9-17-27(31(36)37-2)30(23)32-29(35)22-33(20-25-14-7-4-8-15-25)18-10-16-26(21-33)28(34)19-24-12-5-3-6-13-24;1-21-10-8-14-24(28(34)35-2)26(21)29-25(32)20-31(18-22-11-4-3-5-12-22)17-9-13-23(19-31)27(33)30-15-6-7-16-30;1-6-24(12-8-10-16(13-24)20(26)23(3)4)14-18(25)22-19-15(2)9-7-11-17(19)21(27)28-5;3-2(4,5)1(6)7;;/h4,7-9,11,14-15,17,24,26H,3,5-6,10,12-13,16,18-22H2,1-2H3;3-5,8,10-12,14,23H,6-7,9,13,15-20H2,1-2H3;7,9,11,16H,6,8,10,12-14H2,1-5H3;(H,6,7);2*1H. The molecule has 596 valence electrons. The summed E-state index contributed by atoms with van der Waals surface area (Å²) in [5, 5.41) is 17.7. The number of amides is 5. The number of hydrogen-bond acceptors (Lipinski definition) is 14. The van der Waals surface area contributed by atoms with Gasteiger partial charge in [-0.3, -0.25) is 28.8 Å². The zero-order valence-electron chi connectivity index (χ0n) is 64.4. The first-order chi connectivity index (χ1) is 51.0. The molecule has 6 atom stereocenters. The van der Waals surface area contributed by atoms with Gasteiger partial charge in [0.25, 0.3) is 17.7 Å². The Morgan fingerprint density at radius 1 is 0.495 bits per heavy atom. The molecule has 4 saturated heterocycles. The Morgan fingerprint density at radius 2 is 0.853 bits per heavy atom. The SMILES string of the molecule is CC[N+]1(CC(=O)Nc2c(C)cccc2C(=O)OC)CCCC(C(=O)N(C)C)C1.COC(=O)c1cccc(C)c1NC(=O)C[N+]1(Cc2ccccc2)CCCC(C(=O)CC2CCCCC2)C1.COC(=O)c1cccc(C)c1NC(=O)C[N+]1(Cc2ccccc2)CCCC(C(=O)N2CCCC2)C1.O=C([O-])C(F)(F)F.[Br-].[I-]. The highest BCUT2D eigenvalue weighted by atomic mass is 127. The number of methoxy groups -OCH3 is 3. The minimum Gasteiger partial charge on any atom is -1.00 e. The highest BCUT2D eigenvalue weighted by Gasteiger charge is 2.44. The fourth-order valence-corrected chi connectivity index (χ4v) is 16.0. The molecular formula is C82H109BrF3IN8O14. The van der Waals surface area contributed by atoms with Gasteiger partial charge < -0.3 is 104 Å². The summed E-state index contributed by atoms with van der Waals surface area (Å²) >= 11 is 0. The molecule has 5 aliphatic rings. The van der Waals surface area contributed by atoms with Gasteiger partial charge in [0, 0.05) is 44.7 Å². The van der Waals surface area contributed by atoms with Crippen LogP contribution in [0, 0.1) is 44.4 Å². The molecule has 3 N–H and O–H groups in total. The largest absolute Gasteiger partial charge is 1.00 e. The number of ketones is 1. The molecule has 10 rings (SSSR count). The Labute approximate surface area is 667 Å². The lowest BCUT2D eigenvalue weighted by Crippen LogP contribution is -3.00. The summed E-state index contributed by atoms with van der Waals surface area (Å²) in [6, 6.07) is 36.3. The van der Waals surface area contributed by atoms with Gasteiger partial charge in [0.2, 0.25) is 11.8 Å². The number of likely N-dealkylation sites (N-methyl/N-ethyl adjacent to an activating group) is 1. The molecule has 109 heavy (non-hydrogen) atoms. The fraction of sp³-hybridized carbons (Fsp3) is 0.512. The number of rotatable bonds is 22. The number of carbonyl (C=O) groups is 10. The third-order valence-corrected chi connectivity index (χ3v) is 21.5. The third kappa shape index (κ3) is 26.8. The van der Waals surface area contributed by atoms with E-state index in [1.807, 2.05) is 80.3 Å². The number of benzene rings is 5. The van der Waals surface area contributed by atoms with Gasteiger partial charge in [-0.1, -0.05) is 129 Å². The molecule has 4 aliphatic heterocycles. The number of carboxylic acids is 1. The maximum absolute atomic E-state index is 13.5. The summed E-state index contributed by atoms with van der Waals surface area (Å²) in [6.07, 6.45) is 9.15. The van der Waals surface area contributed by atoms with E-state index in [-0.39, 0.29) is 108 Å². The van der Waals surface area contributed by atoms with Crippen molar-refractivity contribution < 1.29 is 135 Å². The molecule has 22 nitrogen and oxygen atoms in total. The Hall–Kier alpha value is -8.12. The summed E-state index contributed by atoms with van der Waals surface area (Å²) in [7, 11) is 7.55. The van der Waals surface area contributed by atoms with E-state index in [4.69, 9.17) is 24.1 Å². The van der Waals surface area contributed by atoms with Crippen LogP contribution in [0.2, 0.25) is 0 Å². The van der Waals surface area contributed by atoms with Gasteiger partial charge in [-0.2, -0.15) is 13.2 Å². The summed E-state index contributed by atoms with van der Waals surface area (Å²) in [5.41, 5.74) is 7.26. The van der Waals surface area contributed by atoms with Crippen LogP contribution in [0.15, 0.2) is 115 Å². The molecule has 5 aromatic rings. The summed E-state index contributed by atoms with van der Waals surface area (Å²) in [5.74, 6) is -3.74. The summed E-state index contributed by atoms with van der Waals surface area (Å²) in [4.78, 5) is 128. The van der Waals surface area contributed by atoms with Crippen LogP contribution < -0.4 is 62.0 Å². The average Bonchev–Trinajstić information content (AvgIpc) is 1.45. The van der Waals surface area contributed by atoms with Crippen molar-refractivity contribution >= 4 is 76.3 Å². The van der Waals surface area contributed by atoms with Crippen LogP contribution in [0.5, 0.6) is 0 Å². The Kier molecular flexibility index (Phi) is 36.5. The van der Waals surface area contributed by atoms with Crippen LogP contribution in [-0.4, -0.2) is 203 Å². The predicted molar refractivity (Wildman–Crippen MR) is 399 cm³/mol. The van der Waals surface area contributed by atoms with Crippen LogP contribution in [0.3, 0.4) is 0 Å². The molecule has 1 saturated carbocycles. The molecule has 0 radical (unpaired) electrons. The zero-order valence-corrected chi connectivity index (χ0v) is 68.2. The van der Waals surface area contributed by atoms with Crippen LogP contribution in [-0.2, 0) is 60.9 Å². The van der Waals surface area contributed by atoms with E-state index in [0.717, 1.165) is 113 Å². The molecule has 4 heterocycles. The third-order valence-electron chi connectivity index (χ3n) is 21.5. The smallest absolute Gasteiger partial charge is 0.430 e. The number of esters is 3. The van der Waals surface area contributed by atoms with E-state index < -0.39 is 30.1 Å². The van der Waals surface area contributed by atoms with E-state index >= 15 is 0 Å². The number of likely N-dealkylation sites (tertiary alicyclic amines) is 4. The number of nitrogens with zero attached hydrogens (tertiary/aromatic N) is 5. The number of halogens is 5. The molecule has 5 fully saturated rings. The van der Waals surface area contributed by atoms with Crippen LogP contribution in [0.25, 0.3) is 0 Å². The van der Waals surface area contributed by atoms with Gasteiger partial charge in [0.1, 0.15) is 24.8 Å². The second kappa shape index (κ2) is 43.5. The van der Waals surface area contributed by atoms with E-state index in [9.17, 15) is 56.3 Å². The minimum atomic E-state index is -5.19. The highest BCUT2D eigenvalue weighted by molar-refractivity contribution is 6.04. The maximum Gasteiger partial charge on any atom is 0.430 e. The van der Waals surface area contributed by atoms with Crippen LogP contribution in [0.4, 0.5) is 30.2 Å². The molecule has 0 spiro atoms. The first-order valence-corrected chi connectivity index (χ1v) is 37.3. The quantitative estimate of drug-likeness (QED) is 0.0363. The Balaban J connectivity index is 0.000000280. The second-order valence-corrected chi connectivity index (χ2v) is 29.7. The molecule has 1 aliphatic carbocycles. The number of para-hydroxylation sites is 3. The zero-order chi connectivity index (χ0) is 78.1. The summed E-state index contributed by atoms with van der Waals surface area (Å²) < 4.78 is 47.9. The maximum atomic E-state index is 13.5. The molecular weight excluding hydrogens is 1580 g/mol.